The lowest BCUT2D eigenvalue weighted by molar-refractivity contribution is -0.145. The van der Waals surface area contributed by atoms with Gasteiger partial charge in [-0.05, 0) is 25.8 Å². The quantitative estimate of drug-likeness (QED) is 0.823. The van der Waals surface area contributed by atoms with Crippen LogP contribution in [0.3, 0.4) is 0 Å². The van der Waals surface area contributed by atoms with Crippen molar-refractivity contribution < 1.29 is 19.4 Å². The zero-order valence-corrected chi connectivity index (χ0v) is 12.3. The molecule has 0 aromatic carbocycles. The van der Waals surface area contributed by atoms with E-state index < -0.39 is 17.4 Å². The van der Waals surface area contributed by atoms with Gasteiger partial charge in [0.25, 0.3) is 5.91 Å². The Morgan fingerprint density at radius 2 is 2.19 bits per heavy atom. The minimum Gasteiger partial charge on any atom is -0.479 e. The summed E-state index contributed by atoms with van der Waals surface area (Å²) in [5.74, 6) is -1.58. The number of carboxylic acids is 1. The number of aromatic nitrogens is 2. The van der Waals surface area contributed by atoms with Crippen LogP contribution in [0, 0.1) is 0 Å². The number of nitrogens with zero attached hydrogens (tertiary/aromatic N) is 2. The van der Waals surface area contributed by atoms with Crippen LogP contribution in [0.15, 0.2) is 12.3 Å². The maximum Gasteiger partial charge on any atom is 0.331 e. The summed E-state index contributed by atoms with van der Waals surface area (Å²) in [6, 6.07) is 1.84. The van der Waals surface area contributed by atoms with Crippen LogP contribution >= 0.6 is 0 Å². The highest BCUT2D eigenvalue weighted by Crippen LogP contribution is 2.29. The van der Waals surface area contributed by atoms with E-state index in [1.807, 2.05) is 0 Å². The standard InChI is InChI=1S/C14H21N3O4/c1-14(9-21-2,13(19)20)16-12(18)11-7-8-15-17(11)10-5-3-4-6-10/h7-8,10H,3-6,9H2,1-2H3,(H,16,18)(H,19,20). The number of aliphatic carboxylic acids is 1. The molecular weight excluding hydrogens is 274 g/mol. The smallest absolute Gasteiger partial charge is 0.331 e. The first kappa shape index (κ1) is 15.5. The molecule has 0 radical (unpaired) electrons. The lowest BCUT2D eigenvalue weighted by Crippen LogP contribution is -2.55. The highest BCUT2D eigenvalue weighted by atomic mass is 16.5. The Kier molecular flexibility index (Phi) is 4.62. The van der Waals surface area contributed by atoms with E-state index in [-0.39, 0.29) is 12.6 Å². The average Bonchev–Trinajstić information content (AvgIpc) is 3.09. The van der Waals surface area contributed by atoms with Crippen molar-refractivity contribution in [3.63, 3.8) is 0 Å². The Hall–Kier alpha value is -1.89. The number of ether oxygens (including phenoxy) is 1. The number of carboxylic acid groups (broad SMARTS) is 1. The molecule has 0 spiro atoms. The van der Waals surface area contributed by atoms with Crippen molar-refractivity contribution in [3.05, 3.63) is 18.0 Å². The van der Waals surface area contributed by atoms with Crippen molar-refractivity contribution >= 4 is 11.9 Å². The van der Waals surface area contributed by atoms with E-state index in [9.17, 15) is 14.7 Å². The van der Waals surface area contributed by atoms with Crippen LogP contribution in [-0.4, -0.2) is 46.0 Å². The summed E-state index contributed by atoms with van der Waals surface area (Å²) in [6.07, 6.45) is 5.82. The SMILES string of the molecule is COCC(C)(NC(=O)c1ccnn1C1CCCC1)C(=O)O. The lowest BCUT2D eigenvalue weighted by Gasteiger charge is -2.25. The summed E-state index contributed by atoms with van der Waals surface area (Å²) in [7, 11) is 1.40. The average molecular weight is 295 g/mol. The Morgan fingerprint density at radius 3 is 2.76 bits per heavy atom. The van der Waals surface area contributed by atoms with Gasteiger partial charge in [0.1, 0.15) is 5.69 Å². The van der Waals surface area contributed by atoms with Crippen LogP contribution in [0.25, 0.3) is 0 Å². The second-order valence-electron chi connectivity index (χ2n) is 5.62. The van der Waals surface area contributed by atoms with Gasteiger partial charge in [-0.25, -0.2) is 4.79 Å². The molecule has 21 heavy (non-hydrogen) atoms. The zero-order valence-electron chi connectivity index (χ0n) is 12.3. The third-order valence-electron chi connectivity index (χ3n) is 3.87. The largest absolute Gasteiger partial charge is 0.479 e. The molecule has 1 atom stereocenters. The van der Waals surface area contributed by atoms with E-state index in [0.717, 1.165) is 25.7 Å². The van der Waals surface area contributed by atoms with Gasteiger partial charge < -0.3 is 15.2 Å². The topological polar surface area (TPSA) is 93.5 Å². The molecule has 7 nitrogen and oxygen atoms in total. The number of methoxy groups -OCH3 is 1. The first-order chi connectivity index (χ1) is 9.98. The summed E-state index contributed by atoms with van der Waals surface area (Å²) >= 11 is 0. The molecular formula is C14H21N3O4. The number of nitrogens with one attached hydrogen (secondary N) is 1. The van der Waals surface area contributed by atoms with Gasteiger partial charge in [-0.15, -0.1) is 0 Å². The number of hydrogen-bond acceptors (Lipinski definition) is 4. The zero-order chi connectivity index (χ0) is 15.5. The minimum absolute atomic E-state index is 0.106. The van der Waals surface area contributed by atoms with E-state index in [2.05, 4.69) is 10.4 Å². The monoisotopic (exact) mass is 295 g/mol. The fourth-order valence-corrected chi connectivity index (χ4v) is 2.69. The van der Waals surface area contributed by atoms with Crippen molar-refractivity contribution in [3.8, 4) is 0 Å². The van der Waals surface area contributed by atoms with Crippen molar-refractivity contribution in [2.45, 2.75) is 44.2 Å². The molecule has 0 aliphatic heterocycles. The maximum atomic E-state index is 12.4. The van der Waals surface area contributed by atoms with Gasteiger partial charge in [0.05, 0.1) is 12.6 Å². The number of carbonyl (C=O) groups excluding carboxylic acids is 1. The molecule has 7 heteroatoms. The molecule has 1 aliphatic rings. The van der Waals surface area contributed by atoms with Crippen LogP contribution in [0.1, 0.15) is 49.1 Å². The normalized spacial score (nSPS) is 18.4. The maximum absolute atomic E-state index is 12.4. The number of hydrogen-bond donors (Lipinski definition) is 2. The summed E-state index contributed by atoms with van der Waals surface area (Å²) in [5, 5.41) is 16.0. The Labute approximate surface area is 123 Å². The molecule has 116 valence electrons. The van der Waals surface area contributed by atoms with Crippen molar-refractivity contribution in [1.29, 1.82) is 0 Å². The first-order valence-corrected chi connectivity index (χ1v) is 7.06. The molecule has 1 aromatic heterocycles. The first-order valence-electron chi connectivity index (χ1n) is 7.06. The summed E-state index contributed by atoms with van der Waals surface area (Å²) in [6.45, 7) is 1.32. The van der Waals surface area contributed by atoms with Gasteiger partial charge in [-0.3, -0.25) is 9.48 Å². The molecule has 2 N–H and O–H groups in total. The molecule has 1 saturated carbocycles. The molecule has 1 unspecified atom stereocenters. The molecule has 0 bridgehead atoms. The molecule has 1 heterocycles. The van der Waals surface area contributed by atoms with Gasteiger partial charge >= 0.3 is 5.97 Å². The predicted octanol–water partition coefficient (Wildman–Crippen LogP) is 1.22. The molecule has 1 fully saturated rings. The van der Waals surface area contributed by atoms with Crippen LogP contribution < -0.4 is 5.32 Å². The van der Waals surface area contributed by atoms with Gasteiger partial charge in [0.2, 0.25) is 0 Å². The van der Waals surface area contributed by atoms with Gasteiger partial charge in [-0.2, -0.15) is 5.10 Å². The summed E-state index contributed by atoms with van der Waals surface area (Å²) in [4.78, 5) is 23.7. The minimum atomic E-state index is -1.46. The van der Waals surface area contributed by atoms with Gasteiger partial charge in [0.15, 0.2) is 5.54 Å². The Bertz CT molecular complexity index is 522. The highest BCUT2D eigenvalue weighted by molar-refractivity contribution is 5.96. The van der Waals surface area contributed by atoms with E-state index in [1.54, 1.807) is 16.9 Å². The van der Waals surface area contributed by atoms with Crippen molar-refractivity contribution in [1.82, 2.24) is 15.1 Å². The van der Waals surface area contributed by atoms with E-state index in [1.165, 1.54) is 14.0 Å². The van der Waals surface area contributed by atoms with E-state index in [0.29, 0.717) is 5.69 Å². The van der Waals surface area contributed by atoms with Crippen LogP contribution in [-0.2, 0) is 9.53 Å². The van der Waals surface area contributed by atoms with Gasteiger partial charge in [0, 0.05) is 13.3 Å². The highest BCUT2D eigenvalue weighted by Gasteiger charge is 2.36. The van der Waals surface area contributed by atoms with Crippen molar-refractivity contribution in [2.75, 3.05) is 13.7 Å². The summed E-state index contributed by atoms with van der Waals surface area (Å²) in [5.41, 5.74) is -1.07. The van der Waals surface area contributed by atoms with Gasteiger partial charge in [-0.1, -0.05) is 12.8 Å². The van der Waals surface area contributed by atoms with E-state index >= 15 is 0 Å². The van der Waals surface area contributed by atoms with E-state index in [4.69, 9.17) is 4.74 Å². The van der Waals surface area contributed by atoms with Crippen LogP contribution in [0.5, 0.6) is 0 Å². The molecule has 1 aromatic rings. The fraction of sp³-hybridized carbons (Fsp3) is 0.643. The second kappa shape index (κ2) is 6.26. The van der Waals surface area contributed by atoms with Crippen molar-refractivity contribution in [2.24, 2.45) is 0 Å². The second-order valence-corrected chi connectivity index (χ2v) is 5.62. The predicted molar refractivity (Wildman–Crippen MR) is 75.1 cm³/mol. The van der Waals surface area contributed by atoms with Crippen LogP contribution in [0.4, 0.5) is 0 Å². The number of rotatable bonds is 6. The van der Waals surface area contributed by atoms with Crippen LogP contribution in [0.2, 0.25) is 0 Å². The molecule has 1 aliphatic carbocycles. The molecule has 0 saturated heterocycles. The Balaban J connectivity index is 2.16. The number of amides is 1. The Morgan fingerprint density at radius 1 is 1.52 bits per heavy atom. The summed E-state index contributed by atoms with van der Waals surface area (Å²) < 4.78 is 6.60. The fourth-order valence-electron chi connectivity index (χ4n) is 2.69. The molecule has 1 amide bonds. The third kappa shape index (κ3) is 3.24. The number of carbonyl (C=O) groups is 2. The third-order valence-corrected chi connectivity index (χ3v) is 3.87. The lowest BCUT2D eigenvalue weighted by atomic mass is 10.0. The molecule has 2 rings (SSSR count).